The lowest BCUT2D eigenvalue weighted by Gasteiger charge is -2.14. The van der Waals surface area contributed by atoms with E-state index < -0.39 is 0 Å². The van der Waals surface area contributed by atoms with Crippen LogP contribution in [-0.4, -0.2) is 30.9 Å². The lowest BCUT2D eigenvalue weighted by Crippen LogP contribution is -2.22. The molecule has 29 heavy (non-hydrogen) atoms. The second kappa shape index (κ2) is 8.70. The molecule has 4 aromatic rings. The van der Waals surface area contributed by atoms with Gasteiger partial charge in [-0.1, -0.05) is 48.2 Å². The predicted molar refractivity (Wildman–Crippen MR) is 115 cm³/mol. The molecule has 0 bridgehead atoms. The van der Waals surface area contributed by atoms with Crippen LogP contribution in [0.15, 0.2) is 90.3 Å². The summed E-state index contributed by atoms with van der Waals surface area (Å²) in [5, 5.41) is 12.0. The number of nitrogens with zero attached hydrogens (tertiary/aromatic N) is 4. The average Bonchev–Trinajstić information content (AvgIpc) is 3.19. The number of carbonyl (C=O) groups is 1. The summed E-state index contributed by atoms with van der Waals surface area (Å²) in [6.45, 7) is 1.86. The van der Waals surface area contributed by atoms with Gasteiger partial charge in [0.1, 0.15) is 0 Å². The van der Waals surface area contributed by atoms with Gasteiger partial charge in [-0.05, 0) is 43.3 Å². The highest BCUT2D eigenvalue weighted by Crippen LogP contribution is 2.30. The second-order valence-electron chi connectivity index (χ2n) is 6.33. The molecule has 0 aliphatic carbocycles. The van der Waals surface area contributed by atoms with E-state index >= 15 is 0 Å². The minimum Gasteiger partial charge on any atom is -0.325 e. The molecule has 0 saturated carbocycles. The summed E-state index contributed by atoms with van der Waals surface area (Å²) in [6, 6.07) is 23.1. The largest absolute Gasteiger partial charge is 0.325 e. The van der Waals surface area contributed by atoms with Crippen molar-refractivity contribution in [1.29, 1.82) is 0 Å². The van der Waals surface area contributed by atoms with Crippen LogP contribution in [0.3, 0.4) is 0 Å². The Bertz CT molecular complexity index is 1080. The van der Waals surface area contributed by atoms with Gasteiger partial charge < -0.3 is 5.32 Å². The maximum Gasteiger partial charge on any atom is 0.237 e. The van der Waals surface area contributed by atoms with E-state index in [1.165, 1.54) is 11.8 Å². The third kappa shape index (κ3) is 4.35. The molecule has 0 unspecified atom stereocenters. The zero-order valence-corrected chi connectivity index (χ0v) is 16.6. The lowest BCUT2D eigenvalue weighted by atomic mass is 10.2. The topological polar surface area (TPSA) is 72.7 Å². The van der Waals surface area contributed by atoms with Crippen molar-refractivity contribution in [3.63, 3.8) is 0 Å². The predicted octanol–water partition coefficient (Wildman–Crippen LogP) is 4.45. The van der Waals surface area contributed by atoms with E-state index in [4.69, 9.17) is 0 Å². The van der Waals surface area contributed by atoms with E-state index in [0.29, 0.717) is 11.0 Å². The molecule has 2 aromatic carbocycles. The molecular weight excluding hydrogens is 382 g/mol. The molecule has 4 rings (SSSR count). The summed E-state index contributed by atoms with van der Waals surface area (Å²) in [4.78, 5) is 16.8. The van der Waals surface area contributed by atoms with E-state index in [1.54, 1.807) is 12.4 Å². The smallest absolute Gasteiger partial charge is 0.237 e. The van der Waals surface area contributed by atoms with Gasteiger partial charge in [0.05, 0.1) is 5.25 Å². The van der Waals surface area contributed by atoms with Gasteiger partial charge in [-0.3, -0.25) is 14.3 Å². The van der Waals surface area contributed by atoms with Gasteiger partial charge in [0.15, 0.2) is 11.0 Å². The van der Waals surface area contributed by atoms with Gasteiger partial charge in [-0.15, -0.1) is 10.2 Å². The van der Waals surface area contributed by atoms with Gasteiger partial charge in [-0.25, -0.2) is 0 Å². The van der Waals surface area contributed by atoms with Crippen LogP contribution in [0.2, 0.25) is 0 Å². The van der Waals surface area contributed by atoms with E-state index in [-0.39, 0.29) is 11.2 Å². The first-order valence-corrected chi connectivity index (χ1v) is 10.0. The number of benzene rings is 2. The van der Waals surface area contributed by atoms with Crippen molar-refractivity contribution in [2.24, 2.45) is 0 Å². The Balaban J connectivity index is 1.63. The van der Waals surface area contributed by atoms with Crippen molar-refractivity contribution in [1.82, 2.24) is 19.7 Å². The highest BCUT2D eigenvalue weighted by atomic mass is 32.2. The van der Waals surface area contributed by atoms with Crippen LogP contribution in [0.25, 0.3) is 17.1 Å². The monoisotopic (exact) mass is 401 g/mol. The molecule has 1 atom stereocenters. The Hall–Kier alpha value is -3.45. The minimum atomic E-state index is -0.358. The van der Waals surface area contributed by atoms with Crippen LogP contribution in [0.1, 0.15) is 6.92 Å². The van der Waals surface area contributed by atoms with Crippen LogP contribution in [0, 0.1) is 0 Å². The summed E-state index contributed by atoms with van der Waals surface area (Å²) in [5.74, 6) is 0.592. The normalized spacial score (nSPS) is 11.8. The Morgan fingerprint density at radius 3 is 2.38 bits per heavy atom. The number of anilines is 1. The molecule has 144 valence electrons. The van der Waals surface area contributed by atoms with Gasteiger partial charge >= 0.3 is 0 Å². The number of aromatic nitrogens is 4. The number of pyridine rings is 1. The number of hydrogen-bond donors (Lipinski definition) is 1. The van der Waals surface area contributed by atoms with Crippen molar-refractivity contribution in [2.75, 3.05) is 5.32 Å². The standard InChI is InChI=1S/C22H19N5OS/c1-16(21(28)24-18-10-4-2-5-11-18)29-22-26-25-20(17-9-8-14-23-15-17)27(22)19-12-6-3-7-13-19/h2-16H,1H3,(H,24,28)/t16-/m1/s1. The quantitative estimate of drug-likeness (QED) is 0.483. The molecule has 1 N–H and O–H groups in total. The van der Waals surface area contributed by atoms with Gasteiger partial charge in [0, 0.05) is 29.3 Å². The number of amides is 1. The molecule has 2 aromatic heterocycles. The fourth-order valence-corrected chi connectivity index (χ4v) is 3.68. The molecule has 0 aliphatic heterocycles. The van der Waals surface area contributed by atoms with Crippen LogP contribution in [0.4, 0.5) is 5.69 Å². The fraction of sp³-hybridized carbons (Fsp3) is 0.0909. The van der Waals surface area contributed by atoms with E-state index in [1.807, 2.05) is 84.3 Å². The molecular formula is C22H19N5OS. The van der Waals surface area contributed by atoms with E-state index in [2.05, 4.69) is 20.5 Å². The molecule has 0 spiro atoms. The summed E-state index contributed by atoms with van der Waals surface area (Å²) in [7, 11) is 0. The van der Waals surface area contributed by atoms with Gasteiger partial charge in [0.2, 0.25) is 5.91 Å². The van der Waals surface area contributed by atoms with Crippen LogP contribution < -0.4 is 5.32 Å². The van der Waals surface area contributed by atoms with Crippen molar-refractivity contribution in [2.45, 2.75) is 17.3 Å². The lowest BCUT2D eigenvalue weighted by molar-refractivity contribution is -0.115. The third-order valence-electron chi connectivity index (χ3n) is 4.26. The first-order chi connectivity index (χ1) is 14.2. The maximum atomic E-state index is 12.6. The molecule has 7 heteroatoms. The van der Waals surface area contributed by atoms with Gasteiger partial charge in [-0.2, -0.15) is 0 Å². The first kappa shape index (κ1) is 18.9. The van der Waals surface area contributed by atoms with E-state index in [0.717, 1.165) is 16.9 Å². The van der Waals surface area contributed by atoms with Crippen LogP contribution in [0.5, 0.6) is 0 Å². The molecule has 0 fully saturated rings. The summed E-state index contributed by atoms with van der Waals surface area (Å²) >= 11 is 1.36. The number of rotatable bonds is 6. The molecule has 0 radical (unpaired) electrons. The Morgan fingerprint density at radius 1 is 0.966 bits per heavy atom. The summed E-state index contributed by atoms with van der Waals surface area (Å²) < 4.78 is 1.95. The van der Waals surface area contributed by atoms with Crippen molar-refractivity contribution in [3.8, 4) is 17.1 Å². The zero-order chi connectivity index (χ0) is 20.1. The zero-order valence-electron chi connectivity index (χ0n) is 15.8. The Labute approximate surface area is 173 Å². The number of hydrogen-bond acceptors (Lipinski definition) is 5. The molecule has 2 heterocycles. The number of carbonyl (C=O) groups excluding carboxylic acids is 1. The van der Waals surface area contributed by atoms with Crippen LogP contribution >= 0.6 is 11.8 Å². The minimum absolute atomic E-state index is 0.0910. The number of thioether (sulfide) groups is 1. The molecule has 6 nitrogen and oxygen atoms in total. The SMILES string of the molecule is C[C@@H](Sc1nnc(-c2cccnc2)n1-c1ccccc1)C(=O)Nc1ccccc1. The molecule has 0 aliphatic rings. The first-order valence-electron chi connectivity index (χ1n) is 9.16. The van der Waals surface area contributed by atoms with Crippen LogP contribution in [-0.2, 0) is 4.79 Å². The Kier molecular flexibility index (Phi) is 5.67. The third-order valence-corrected chi connectivity index (χ3v) is 5.30. The van der Waals surface area contributed by atoms with E-state index in [9.17, 15) is 4.79 Å². The fourth-order valence-electron chi connectivity index (χ4n) is 2.82. The summed E-state index contributed by atoms with van der Waals surface area (Å²) in [5.41, 5.74) is 2.55. The van der Waals surface area contributed by atoms with Crippen molar-refractivity contribution >= 4 is 23.4 Å². The van der Waals surface area contributed by atoms with Gasteiger partial charge in [0.25, 0.3) is 0 Å². The number of para-hydroxylation sites is 2. The van der Waals surface area contributed by atoms with Crippen molar-refractivity contribution in [3.05, 3.63) is 85.2 Å². The highest BCUT2D eigenvalue weighted by Gasteiger charge is 2.22. The average molecular weight is 401 g/mol. The highest BCUT2D eigenvalue weighted by molar-refractivity contribution is 8.00. The van der Waals surface area contributed by atoms with Crippen molar-refractivity contribution < 1.29 is 4.79 Å². The summed E-state index contributed by atoms with van der Waals surface area (Å²) in [6.07, 6.45) is 3.47. The second-order valence-corrected chi connectivity index (χ2v) is 7.64. The maximum absolute atomic E-state index is 12.6. The molecule has 0 saturated heterocycles. The Morgan fingerprint density at radius 2 is 1.69 bits per heavy atom. The molecule has 1 amide bonds. The number of nitrogens with one attached hydrogen (secondary N) is 1.